The maximum atomic E-state index is 11.5. The van der Waals surface area contributed by atoms with Crippen LogP contribution in [-0.4, -0.2) is 38.0 Å². The Kier molecular flexibility index (Phi) is 5.93. The molecule has 158 valence electrons. The molecule has 0 bridgehead atoms. The molecular weight excluding hydrogens is 380 g/mol. The van der Waals surface area contributed by atoms with Crippen LogP contribution in [0.15, 0.2) is 35.3 Å². The van der Waals surface area contributed by atoms with Gasteiger partial charge in [0.15, 0.2) is 11.5 Å². The highest BCUT2D eigenvalue weighted by Crippen LogP contribution is 2.35. The Balaban J connectivity index is 1.50. The molecule has 6 heteroatoms. The monoisotopic (exact) mass is 408 g/mol. The predicted molar refractivity (Wildman–Crippen MR) is 116 cm³/mol. The summed E-state index contributed by atoms with van der Waals surface area (Å²) in [5, 5.41) is 0. The summed E-state index contributed by atoms with van der Waals surface area (Å²) in [6.07, 6.45) is 5.60. The van der Waals surface area contributed by atoms with E-state index in [1.807, 2.05) is 12.4 Å². The number of fused-ring (bicyclic) bond motifs is 2. The van der Waals surface area contributed by atoms with Crippen LogP contribution in [0.25, 0.3) is 0 Å². The summed E-state index contributed by atoms with van der Waals surface area (Å²) in [4.78, 5) is 18.4. The summed E-state index contributed by atoms with van der Waals surface area (Å²) in [5.74, 6) is 1.29. The van der Waals surface area contributed by atoms with Crippen molar-refractivity contribution in [3.63, 3.8) is 0 Å². The molecule has 30 heavy (non-hydrogen) atoms. The topological polar surface area (TPSA) is 60.4 Å². The Morgan fingerprint density at radius 3 is 2.57 bits per heavy atom. The summed E-state index contributed by atoms with van der Waals surface area (Å²) in [6.45, 7) is 3.14. The third-order valence-corrected chi connectivity index (χ3v) is 5.81. The molecule has 1 aliphatic heterocycles. The van der Waals surface area contributed by atoms with E-state index in [2.05, 4.69) is 29.2 Å². The molecule has 2 aromatic carbocycles. The van der Waals surface area contributed by atoms with E-state index in [9.17, 15) is 4.79 Å². The van der Waals surface area contributed by atoms with Crippen LogP contribution in [-0.2, 0) is 28.9 Å². The fourth-order valence-corrected chi connectivity index (χ4v) is 4.30. The molecule has 0 amide bonds. The number of aliphatic imine (C=N–C) groups is 1. The molecule has 0 saturated carbocycles. The van der Waals surface area contributed by atoms with Crippen molar-refractivity contribution in [1.29, 1.82) is 0 Å². The molecule has 1 atom stereocenters. The van der Waals surface area contributed by atoms with E-state index in [1.165, 1.54) is 23.6 Å². The molecule has 0 aromatic heterocycles. The maximum Gasteiger partial charge on any atom is 0.303 e. The second kappa shape index (κ2) is 8.78. The van der Waals surface area contributed by atoms with Crippen LogP contribution in [0, 0.1) is 0 Å². The van der Waals surface area contributed by atoms with Gasteiger partial charge < -0.3 is 19.1 Å². The van der Waals surface area contributed by atoms with E-state index in [4.69, 9.17) is 19.2 Å². The largest absolute Gasteiger partial charge is 0.493 e. The summed E-state index contributed by atoms with van der Waals surface area (Å²) in [5.41, 5.74) is 5.73. The number of methoxy groups -OCH3 is 2. The first-order valence-corrected chi connectivity index (χ1v) is 10.4. The maximum absolute atomic E-state index is 11.5. The highest BCUT2D eigenvalue weighted by Gasteiger charge is 2.23. The van der Waals surface area contributed by atoms with Gasteiger partial charge >= 0.3 is 5.97 Å². The number of aryl methyl sites for hydroxylation is 1. The van der Waals surface area contributed by atoms with Crippen molar-refractivity contribution in [2.75, 3.05) is 20.8 Å². The molecule has 0 fully saturated rings. The minimum Gasteiger partial charge on any atom is -0.493 e. The Morgan fingerprint density at radius 1 is 1.07 bits per heavy atom. The highest BCUT2D eigenvalue weighted by molar-refractivity contribution is 5.67. The minimum absolute atomic E-state index is 0.161. The number of hydrogen-bond acceptors (Lipinski definition) is 5. The van der Waals surface area contributed by atoms with E-state index in [0.29, 0.717) is 0 Å². The van der Waals surface area contributed by atoms with E-state index < -0.39 is 0 Å². The second-order valence-corrected chi connectivity index (χ2v) is 7.81. The van der Waals surface area contributed by atoms with Gasteiger partial charge in [-0.2, -0.15) is 0 Å². The number of carbonyl (C=O) groups is 1. The number of benzene rings is 2. The van der Waals surface area contributed by atoms with Crippen molar-refractivity contribution < 1.29 is 19.0 Å². The molecule has 0 radical (unpaired) electrons. The van der Waals surface area contributed by atoms with Crippen molar-refractivity contribution in [1.82, 2.24) is 4.90 Å². The first-order valence-electron chi connectivity index (χ1n) is 10.4. The molecular formula is C24H28N2O4. The number of ether oxygens (including phenoxy) is 3. The lowest BCUT2D eigenvalue weighted by atomic mass is 9.89. The standard InChI is InChI=1S/C24H28N2O4/c1-16(27)30-22-6-4-5-17-7-8-20(13-21(17)22)25-15-26-10-9-18-11-23(28-2)24(29-3)12-19(18)14-26/h7-8,11-13,15,22H,4-6,9-10,14H2,1-3H3. The smallest absolute Gasteiger partial charge is 0.303 e. The van der Waals surface area contributed by atoms with E-state index >= 15 is 0 Å². The third-order valence-electron chi connectivity index (χ3n) is 5.81. The average Bonchev–Trinajstić information content (AvgIpc) is 2.76. The summed E-state index contributed by atoms with van der Waals surface area (Å²) in [7, 11) is 3.32. The van der Waals surface area contributed by atoms with E-state index in [1.54, 1.807) is 14.2 Å². The van der Waals surface area contributed by atoms with E-state index in [0.717, 1.165) is 61.5 Å². The molecule has 1 aliphatic carbocycles. The van der Waals surface area contributed by atoms with Crippen LogP contribution in [0.2, 0.25) is 0 Å². The zero-order chi connectivity index (χ0) is 21.1. The number of carbonyl (C=O) groups excluding carboxylic acids is 1. The number of hydrogen-bond donors (Lipinski definition) is 0. The normalized spacial score (nSPS) is 18.0. The van der Waals surface area contributed by atoms with Crippen LogP contribution in [0.5, 0.6) is 11.5 Å². The van der Waals surface area contributed by atoms with Crippen LogP contribution >= 0.6 is 0 Å². The molecule has 2 aliphatic rings. The molecule has 0 N–H and O–H groups in total. The zero-order valence-electron chi connectivity index (χ0n) is 17.8. The molecule has 4 rings (SSSR count). The van der Waals surface area contributed by atoms with Gasteiger partial charge in [-0.05, 0) is 72.2 Å². The molecule has 6 nitrogen and oxygen atoms in total. The van der Waals surface area contributed by atoms with Gasteiger partial charge in [-0.1, -0.05) is 6.07 Å². The Hall–Kier alpha value is -3.02. The van der Waals surface area contributed by atoms with Crippen LogP contribution in [0.4, 0.5) is 5.69 Å². The van der Waals surface area contributed by atoms with Gasteiger partial charge in [-0.3, -0.25) is 4.79 Å². The van der Waals surface area contributed by atoms with Gasteiger partial charge in [0.25, 0.3) is 0 Å². The van der Waals surface area contributed by atoms with Crippen molar-refractivity contribution >= 4 is 18.0 Å². The van der Waals surface area contributed by atoms with E-state index in [-0.39, 0.29) is 12.1 Å². The second-order valence-electron chi connectivity index (χ2n) is 7.81. The first kappa shape index (κ1) is 20.3. The number of nitrogens with zero attached hydrogens (tertiary/aromatic N) is 2. The first-order chi connectivity index (χ1) is 14.6. The Labute approximate surface area is 177 Å². The van der Waals surface area contributed by atoms with Crippen LogP contribution in [0.3, 0.4) is 0 Å². The molecule has 1 unspecified atom stereocenters. The predicted octanol–water partition coefficient (Wildman–Crippen LogP) is 4.36. The SMILES string of the molecule is COc1cc2c(cc1OC)CN(C=Nc1ccc3c(c1)C(OC(C)=O)CCC3)CC2. The number of esters is 1. The van der Waals surface area contributed by atoms with Crippen molar-refractivity contribution in [3.8, 4) is 11.5 Å². The quantitative estimate of drug-likeness (QED) is 0.418. The summed E-state index contributed by atoms with van der Waals surface area (Å²) < 4.78 is 16.4. The third kappa shape index (κ3) is 4.27. The Bertz CT molecular complexity index is 970. The lowest BCUT2D eigenvalue weighted by Gasteiger charge is -2.28. The zero-order valence-corrected chi connectivity index (χ0v) is 17.8. The van der Waals surface area contributed by atoms with Crippen LogP contribution in [0.1, 0.15) is 48.1 Å². The van der Waals surface area contributed by atoms with Crippen LogP contribution < -0.4 is 9.47 Å². The number of rotatable bonds is 5. The van der Waals surface area contributed by atoms with Gasteiger partial charge in [0.1, 0.15) is 6.10 Å². The fraction of sp³-hybridized carbons (Fsp3) is 0.417. The van der Waals surface area contributed by atoms with Crippen molar-refractivity contribution in [2.45, 2.75) is 45.3 Å². The van der Waals surface area contributed by atoms with Gasteiger partial charge in [0, 0.05) is 20.0 Å². The molecule has 0 saturated heterocycles. The minimum atomic E-state index is -0.235. The molecule has 2 aromatic rings. The summed E-state index contributed by atoms with van der Waals surface area (Å²) in [6, 6.07) is 10.3. The Morgan fingerprint density at radius 2 is 1.83 bits per heavy atom. The van der Waals surface area contributed by atoms with Gasteiger partial charge in [0.05, 0.1) is 26.2 Å². The summed E-state index contributed by atoms with van der Waals surface area (Å²) >= 11 is 0. The molecule has 1 heterocycles. The lowest BCUT2D eigenvalue weighted by molar-refractivity contribution is -0.147. The van der Waals surface area contributed by atoms with Crippen molar-refractivity contribution in [2.24, 2.45) is 4.99 Å². The van der Waals surface area contributed by atoms with Gasteiger partial charge in [-0.15, -0.1) is 0 Å². The fourth-order valence-electron chi connectivity index (χ4n) is 4.30. The van der Waals surface area contributed by atoms with Crippen molar-refractivity contribution in [3.05, 3.63) is 52.6 Å². The van der Waals surface area contributed by atoms with Gasteiger partial charge in [0.2, 0.25) is 0 Å². The van der Waals surface area contributed by atoms with Gasteiger partial charge in [-0.25, -0.2) is 4.99 Å². The lowest BCUT2D eigenvalue weighted by Crippen LogP contribution is -2.29. The molecule has 0 spiro atoms. The average molecular weight is 408 g/mol. The highest BCUT2D eigenvalue weighted by atomic mass is 16.5.